The lowest BCUT2D eigenvalue weighted by Crippen LogP contribution is -2.09. The van der Waals surface area contributed by atoms with Gasteiger partial charge < -0.3 is 5.11 Å². The monoisotopic (exact) mass is 428 g/mol. The van der Waals surface area contributed by atoms with Crippen LogP contribution in [0.15, 0.2) is 73.1 Å². The average molecular weight is 429 g/mol. The van der Waals surface area contributed by atoms with Crippen molar-refractivity contribution in [3.8, 4) is 5.75 Å². The van der Waals surface area contributed by atoms with Gasteiger partial charge in [-0.25, -0.2) is 0 Å². The fraction of sp³-hybridized carbons (Fsp3) is 0.130. The molecule has 0 bridgehead atoms. The molecule has 7 heteroatoms. The van der Waals surface area contributed by atoms with E-state index in [0.29, 0.717) is 33.8 Å². The van der Waals surface area contributed by atoms with E-state index >= 15 is 0 Å². The maximum absolute atomic E-state index is 13.0. The van der Waals surface area contributed by atoms with Crippen LogP contribution in [0.1, 0.15) is 28.3 Å². The van der Waals surface area contributed by atoms with Crippen molar-refractivity contribution in [2.24, 2.45) is 0 Å². The van der Waals surface area contributed by atoms with E-state index in [1.165, 1.54) is 12.1 Å². The lowest BCUT2D eigenvalue weighted by atomic mass is 9.85. The number of aromatic nitrogens is 2. The number of phenols is 1. The molecule has 0 saturated carbocycles. The number of hydrogen-bond donors (Lipinski definition) is 1. The molecule has 1 atom stereocenters. The zero-order valence-electron chi connectivity index (χ0n) is 15.6. The van der Waals surface area contributed by atoms with Crippen molar-refractivity contribution in [1.82, 2.24) is 9.97 Å². The summed E-state index contributed by atoms with van der Waals surface area (Å²) in [5.74, 6) is -0.440. The Morgan fingerprint density at radius 1 is 0.933 bits per heavy atom. The summed E-state index contributed by atoms with van der Waals surface area (Å²) < 4.78 is 39.0. The molecule has 0 saturated heterocycles. The molecule has 4 aromatic rings. The molecule has 2 aromatic carbocycles. The van der Waals surface area contributed by atoms with Gasteiger partial charge in [0.2, 0.25) is 0 Å². The molecule has 2 heterocycles. The van der Waals surface area contributed by atoms with Crippen molar-refractivity contribution in [2.45, 2.75) is 18.5 Å². The Bertz CT molecular complexity index is 1190. The Balaban J connectivity index is 1.82. The quantitative estimate of drug-likeness (QED) is 0.410. The standard InChI is InChI=1S/C23H16ClF3N2O/c24-17-9-11-28-18(12-17)13-20(14-3-6-16(7-4-14)23(25,26)27)19-8-5-15-2-1-10-29-21(15)22(19)30/h1-12,20,30H,13H2. The fourth-order valence-corrected chi connectivity index (χ4v) is 3.69. The Morgan fingerprint density at radius 2 is 1.70 bits per heavy atom. The van der Waals surface area contributed by atoms with E-state index in [4.69, 9.17) is 11.6 Å². The van der Waals surface area contributed by atoms with Gasteiger partial charge in [0.25, 0.3) is 0 Å². The van der Waals surface area contributed by atoms with Crippen LogP contribution in [0.3, 0.4) is 0 Å². The SMILES string of the molecule is Oc1c(C(Cc2cc(Cl)ccn2)c2ccc(C(F)(F)F)cc2)ccc2cccnc12. The largest absolute Gasteiger partial charge is 0.505 e. The molecule has 2 aromatic heterocycles. The van der Waals surface area contributed by atoms with Crippen molar-refractivity contribution in [3.63, 3.8) is 0 Å². The van der Waals surface area contributed by atoms with Crippen LogP contribution < -0.4 is 0 Å². The van der Waals surface area contributed by atoms with E-state index in [1.807, 2.05) is 12.1 Å². The third-order valence-corrected chi connectivity index (χ3v) is 5.22. The van der Waals surface area contributed by atoms with Crippen molar-refractivity contribution in [3.05, 3.63) is 100 Å². The van der Waals surface area contributed by atoms with Crippen LogP contribution in [-0.4, -0.2) is 15.1 Å². The van der Waals surface area contributed by atoms with Gasteiger partial charge in [0.15, 0.2) is 0 Å². The first-order valence-electron chi connectivity index (χ1n) is 9.17. The van der Waals surface area contributed by atoms with Gasteiger partial charge in [-0.1, -0.05) is 41.9 Å². The highest BCUT2D eigenvalue weighted by molar-refractivity contribution is 6.30. The molecule has 1 N–H and O–H groups in total. The van der Waals surface area contributed by atoms with E-state index < -0.39 is 17.7 Å². The number of rotatable bonds is 4. The third-order valence-electron chi connectivity index (χ3n) is 4.99. The molecule has 4 rings (SSSR count). The van der Waals surface area contributed by atoms with Gasteiger partial charge >= 0.3 is 6.18 Å². The first-order chi connectivity index (χ1) is 14.3. The van der Waals surface area contributed by atoms with Gasteiger partial charge in [-0.3, -0.25) is 9.97 Å². The molecular weight excluding hydrogens is 413 g/mol. The maximum Gasteiger partial charge on any atom is 0.416 e. The van der Waals surface area contributed by atoms with Crippen molar-refractivity contribution >= 4 is 22.5 Å². The minimum atomic E-state index is -4.42. The predicted octanol–water partition coefficient (Wildman–Crippen LogP) is 6.38. The highest BCUT2D eigenvalue weighted by atomic mass is 35.5. The molecule has 0 amide bonds. The number of halogens is 4. The van der Waals surface area contributed by atoms with Crippen LogP contribution in [0.5, 0.6) is 5.75 Å². The highest BCUT2D eigenvalue weighted by Crippen LogP contribution is 2.38. The first-order valence-corrected chi connectivity index (χ1v) is 9.55. The number of hydrogen-bond acceptors (Lipinski definition) is 3. The number of phenolic OH excluding ortho intramolecular Hbond substituents is 1. The minimum Gasteiger partial charge on any atom is -0.505 e. The summed E-state index contributed by atoms with van der Waals surface area (Å²) in [5, 5.41) is 12.2. The van der Waals surface area contributed by atoms with Gasteiger partial charge in [0, 0.05) is 46.4 Å². The van der Waals surface area contributed by atoms with Gasteiger partial charge in [-0.15, -0.1) is 0 Å². The zero-order chi connectivity index (χ0) is 21.3. The summed E-state index contributed by atoms with van der Waals surface area (Å²) in [5.41, 5.74) is 1.55. The van der Waals surface area contributed by atoms with Gasteiger partial charge in [0.05, 0.1) is 5.56 Å². The summed E-state index contributed by atoms with van der Waals surface area (Å²) in [6.07, 6.45) is -0.920. The molecule has 0 aliphatic carbocycles. The molecule has 152 valence electrons. The Morgan fingerprint density at radius 3 is 2.40 bits per heavy atom. The number of alkyl halides is 3. The number of pyridine rings is 2. The first kappa shape index (κ1) is 20.2. The van der Waals surface area contributed by atoms with Crippen LogP contribution in [0.2, 0.25) is 5.02 Å². The summed E-state index contributed by atoms with van der Waals surface area (Å²) in [7, 11) is 0. The smallest absolute Gasteiger partial charge is 0.416 e. The van der Waals surface area contributed by atoms with Crippen molar-refractivity contribution < 1.29 is 18.3 Å². The molecule has 3 nitrogen and oxygen atoms in total. The number of nitrogens with zero attached hydrogens (tertiary/aromatic N) is 2. The average Bonchev–Trinajstić information content (AvgIpc) is 2.72. The second kappa shape index (κ2) is 7.95. The van der Waals surface area contributed by atoms with E-state index in [2.05, 4.69) is 9.97 Å². The van der Waals surface area contributed by atoms with Crippen molar-refractivity contribution in [2.75, 3.05) is 0 Å². The molecule has 0 spiro atoms. The lowest BCUT2D eigenvalue weighted by Gasteiger charge is -2.20. The Hall–Kier alpha value is -3.12. The minimum absolute atomic E-state index is 0.0000241. The molecule has 0 aliphatic heterocycles. The molecule has 1 unspecified atom stereocenters. The molecular formula is C23H16ClF3N2O. The molecule has 0 fully saturated rings. The van der Waals surface area contributed by atoms with Crippen LogP contribution >= 0.6 is 11.6 Å². The molecule has 0 radical (unpaired) electrons. The summed E-state index contributed by atoms with van der Waals surface area (Å²) in [4.78, 5) is 8.57. The number of benzene rings is 2. The van der Waals surface area contributed by atoms with Gasteiger partial charge in [-0.2, -0.15) is 13.2 Å². The molecule has 30 heavy (non-hydrogen) atoms. The normalized spacial score (nSPS) is 12.8. The third kappa shape index (κ3) is 4.09. The van der Waals surface area contributed by atoms with Gasteiger partial charge in [-0.05, 0) is 35.9 Å². The summed E-state index contributed by atoms with van der Waals surface area (Å²) in [6, 6.07) is 15.5. The highest BCUT2D eigenvalue weighted by Gasteiger charge is 2.30. The summed E-state index contributed by atoms with van der Waals surface area (Å²) in [6.45, 7) is 0. The number of aromatic hydroxyl groups is 1. The Kier molecular flexibility index (Phi) is 5.35. The maximum atomic E-state index is 13.0. The van der Waals surface area contributed by atoms with E-state index in [0.717, 1.165) is 17.5 Å². The lowest BCUT2D eigenvalue weighted by molar-refractivity contribution is -0.137. The predicted molar refractivity (Wildman–Crippen MR) is 110 cm³/mol. The van der Waals surface area contributed by atoms with E-state index in [-0.39, 0.29) is 5.75 Å². The topological polar surface area (TPSA) is 46.0 Å². The molecule has 0 aliphatic rings. The Labute approximate surface area is 175 Å². The van der Waals surface area contributed by atoms with Crippen LogP contribution in [0, 0.1) is 0 Å². The van der Waals surface area contributed by atoms with Crippen LogP contribution in [0.25, 0.3) is 10.9 Å². The van der Waals surface area contributed by atoms with E-state index in [9.17, 15) is 18.3 Å². The van der Waals surface area contributed by atoms with Crippen LogP contribution in [-0.2, 0) is 12.6 Å². The van der Waals surface area contributed by atoms with Crippen molar-refractivity contribution in [1.29, 1.82) is 0 Å². The fourth-order valence-electron chi connectivity index (χ4n) is 3.51. The number of fused-ring (bicyclic) bond motifs is 1. The zero-order valence-corrected chi connectivity index (χ0v) is 16.3. The van der Waals surface area contributed by atoms with E-state index in [1.54, 1.807) is 36.7 Å². The van der Waals surface area contributed by atoms with Crippen LogP contribution in [0.4, 0.5) is 13.2 Å². The second-order valence-corrected chi connectivity index (χ2v) is 7.36. The second-order valence-electron chi connectivity index (χ2n) is 6.92. The summed E-state index contributed by atoms with van der Waals surface area (Å²) >= 11 is 6.08. The van der Waals surface area contributed by atoms with Gasteiger partial charge in [0.1, 0.15) is 11.3 Å².